The summed E-state index contributed by atoms with van der Waals surface area (Å²) in [5.41, 5.74) is 9.69. The Labute approximate surface area is 229 Å². The quantitative estimate of drug-likeness (QED) is 0.255. The van der Waals surface area contributed by atoms with Crippen molar-refractivity contribution in [3.63, 3.8) is 0 Å². The third kappa shape index (κ3) is 4.57. The molecule has 4 nitrogen and oxygen atoms in total. The molecule has 0 saturated heterocycles. The maximum Gasteiger partial charge on any atom is 0.231 e. The Bertz CT molecular complexity index is 1830. The van der Waals surface area contributed by atoms with Gasteiger partial charge in [0.2, 0.25) is 5.89 Å². The highest BCUT2D eigenvalue weighted by Crippen LogP contribution is 2.40. The van der Waals surface area contributed by atoms with Gasteiger partial charge in [-0.15, -0.1) is 0 Å². The number of nitrogens with zero attached hydrogens (tertiary/aromatic N) is 2. The van der Waals surface area contributed by atoms with E-state index in [1.807, 2.05) is 24.4 Å². The van der Waals surface area contributed by atoms with Gasteiger partial charge in [-0.05, 0) is 70.0 Å². The van der Waals surface area contributed by atoms with Crippen LogP contribution in [0.2, 0.25) is 0 Å². The molecule has 0 fully saturated rings. The molecule has 0 aliphatic rings. The van der Waals surface area contributed by atoms with E-state index in [0.717, 1.165) is 44.2 Å². The molecule has 194 valence electrons. The Balaban J connectivity index is 1.64. The van der Waals surface area contributed by atoms with Gasteiger partial charge in [0, 0.05) is 22.7 Å². The van der Waals surface area contributed by atoms with E-state index < -0.39 is 0 Å². The number of aromatic nitrogens is 2. The molecule has 4 heteroatoms. The van der Waals surface area contributed by atoms with Crippen molar-refractivity contribution in [2.75, 3.05) is 0 Å². The Morgan fingerprint density at radius 2 is 1.46 bits per heavy atom. The summed E-state index contributed by atoms with van der Waals surface area (Å²) in [6.45, 7) is 11.1. The average Bonchev–Trinajstić information content (AvgIpc) is 3.36. The van der Waals surface area contributed by atoms with Crippen molar-refractivity contribution in [2.45, 2.75) is 46.0 Å². The second-order valence-corrected chi connectivity index (χ2v) is 11.5. The van der Waals surface area contributed by atoms with Gasteiger partial charge in [0.05, 0.1) is 11.1 Å². The van der Waals surface area contributed by atoms with Gasteiger partial charge in [0.25, 0.3) is 0 Å². The van der Waals surface area contributed by atoms with E-state index >= 15 is 0 Å². The largest absolute Gasteiger partial charge is 0.507 e. The van der Waals surface area contributed by atoms with Crippen LogP contribution in [0.15, 0.2) is 95.5 Å². The molecule has 39 heavy (non-hydrogen) atoms. The standard InChI is InChI=1S/C35H32N2O2/c1-21(2)23-16-24(27-13-8-10-22-11-9-15-36-32(22)27)18-25(17-23)29-19-26(35(3,4)5)20-31-33(29)37-34(39-31)28-12-6-7-14-30(28)38/h6-21,38H,1-5H3. The Morgan fingerprint density at radius 1 is 0.744 bits per heavy atom. The van der Waals surface area contributed by atoms with Crippen molar-refractivity contribution < 1.29 is 9.52 Å². The van der Waals surface area contributed by atoms with Crippen LogP contribution in [0.5, 0.6) is 5.75 Å². The monoisotopic (exact) mass is 512 g/mol. The lowest BCUT2D eigenvalue weighted by molar-refractivity contribution is 0.474. The summed E-state index contributed by atoms with van der Waals surface area (Å²) < 4.78 is 6.30. The van der Waals surface area contributed by atoms with Crippen molar-refractivity contribution in [3.8, 4) is 39.5 Å². The first-order valence-corrected chi connectivity index (χ1v) is 13.4. The maximum atomic E-state index is 10.5. The second kappa shape index (κ2) is 9.39. The molecule has 6 aromatic rings. The summed E-state index contributed by atoms with van der Waals surface area (Å²) in [6.07, 6.45) is 1.85. The van der Waals surface area contributed by atoms with Crippen LogP contribution in [0.1, 0.15) is 51.7 Å². The van der Waals surface area contributed by atoms with Crippen LogP contribution in [0.25, 0.3) is 55.7 Å². The fraction of sp³-hybridized carbons (Fsp3) is 0.200. The van der Waals surface area contributed by atoms with E-state index in [1.54, 1.807) is 12.1 Å². The van der Waals surface area contributed by atoms with Crippen LogP contribution in [-0.2, 0) is 5.41 Å². The number of hydrogen-bond donors (Lipinski definition) is 1. The van der Waals surface area contributed by atoms with Crippen LogP contribution in [0.3, 0.4) is 0 Å². The number of oxazole rings is 1. The van der Waals surface area contributed by atoms with Gasteiger partial charge in [-0.1, -0.05) is 83.1 Å². The smallest absolute Gasteiger partial charge is 0.231 e. The average molecular weight is 513 g/mol. The minimum absolute atomic E-state index is 0.0944. The lowest BCUT2D eigenvalue weighted by Gasteiger charge is -2.20. The molecule has 0 spiro atoms. The predicted molar refractivity (Wildman–Crippen MR) is 160 cm³/mol. The molecule has 2 aromatic heterocycles. The summed E-state index contributed by atoms with van der Waals surface area (Å²) in [6, 6.07) is 28.7. The summed E-state index contributed by atoms with van der Waals surface area (Å²) in [5, 5.41) is 11.6. The number of para-hydroxylation sites is 2. The highest BCUT2D eigenvalue weighted by atomic mass is 16.3. The number of benzene rings is 4. The molecule has 0 amide bonds. The predicted octanol–water partition coefficient (Wildman–Crippen LogP) is 9.50. The minimum Gasteiger partial charge on any atom is -0.507 e. The summed E-state index contributed by atoms with van der Waals surface area (Å²) >= 11 is 0. The first kappa shape index (κ1) is 24.9. The van der Waals surface area contributed by atoms with Crippen molar-refractivity contribution in [2.24, 2.45) is 0 Å². The Kier molecular flexibility index (Phi) is 5.99. The molecule has 4 aromatic carbocycles. The molecule has 2 heterocycles. The lowest BCUT2D eigenvalue weighted by Crippen LogP contribution is -2.11. The van der Waals surface area contributed by atoms with Gasteiger partial charge in [-0.25, -0.2) is 4.98 Å². The maximum absolute atomic E-state index is 10.5. The zero-order valence-electron chi connectivity index (χ0n) is 23.0. The van der Waals surface area contributed by atoms with Crippen LogP contribution in [0.4, 0.5) is 0 Å². The van der Waals surface area contributed by atoms with Crippen LogP contribution < -0.4 is 0 Å². The molecule has 0 bridgehead atoms. The molecule has 1 N–H and O–H groups in total. The van der Waals surface area contributed by atoms with E-state index in [-0.39, 0.29) is 11.2 Å². The topological polar surface area (TPSA) is 59.2 Å². The van der Waals surface area contributed by atoms with Gasteiger partial charge >= 0.3 is 0 Å². The fourth-order valence-electron chi connectivity index (χ4n) is 5.09. The van der Waals surface area contributed by atoms with Gasteiger partial charge in [0.1, 0.15) is 11.3 Å². The summed E-state index contributed by atoms with van der Waals surface area (Å²) in [4.78, 5) is 9.66. The molecule has 0 aliphatic heterocycles. The minimum atomic E-state index is -0.0944. The molecular formula is C35H32N2O2. The third-order valence-electron chi connectivity index (χ3n) is 7.37. The Hall–Kier alpha value is -4.44. The molecule has 0 saturated carbocycles. The van der Waals surface area contributed by atoms with E-state index in [2.05, 4.69) is 89.2 Å². The van der Waals surface area contributed by atoms with Crippen molar-refractivity contribution in [3.05, 3.63) is 102 Å². The van der Waals surface area contributed by atoms with Crippen molar-refractivity contribution >= 4 is 22.0 Å². The van der Waals surface area contributed by atoms with E-state index in [1.165, 1.54) is 5.56 Å². The van der Waals surface area contributed by atoms with E-state index in [4.69, 9.17) is 14.4 Å². The lowest BCUT2D eigenvalue weighted by atomic mass is 9.84. The third-order valence-corrected chi connectivity index (χ3v) is 7.37. The number of hydrogen-bond acceptors (Lipinski definition) is 4. The van der Waals surface area contributed by atoms with Gasteiger partial charge in [-0.2, -0.15) is 0 Å². The first-order chi connectivity index (χ1) is 18.7. The molecule has 6 rings (SSSR count). The molecule has 0 radical (unpaired) electrons. The number of fused-ring (bicyclic) bond motifs is 2. The van der Waals surface area contributed by atoms with Gasteiger partial charge in [0.15, 0.2) is 5.58 Å². The van der Waals surface area contributed by atoms with Crippen LogP contribution >= 0.6 is 0 Å². The van der Waals surface area contributed by atoms with Gasteiger partial charge in [-0.3, -0.25) is 4.98 Å². The van der Waals surface area contributed by atoms with Crippen molar-refractivity contribution in [1.29, 1.82) is 0 Å². The van der Waals surface area contributed by atoms with Crippen LogP contribution in [0, 0.1) is 0 Å². The number of phenols is 1. The zero-order chi connectivity index (χ0) is 27.3. The molecule has 0 aliphatic carbocycles. The van der Waals surface area contributed by atoms with E-state index in [9.17, 15) is 5.11 Å². The van der Waals surface area contributed by atoms with E-state index in [0.29, 0.717) is 23.0 Å². The first-order valence-electron chi connectivity index (χ1n) is 13.4. The second-order valence-electron chi connectivity index (χ2n) is 11.5. The summed E-state index contributed by atoms with van der Waals surface area (Å²) in [7, 11) is 0. The molecule has 0 atom stereocenters. The number of rotatable bonds is 4. The zero-order valence-corrected chi connectivity index (χ0v) is 23.0. The SMILES string of the molecule is CC(C)c1cc(-c2cccc3cccnc23)cc(-c2cc(C(C)(C)C)cc3oc(-c4ccccc4O)nc23)c1. The van der Waals surface area contributed by atoms with Crippen molar-refractivity contribution in [1.82, 2.24) is 9.97 Å². The normalized spacial score (nSPS) is 12.1. The fourth-order valence-corrected chi connectivity index (χ4v) is 5.09. The summed E-state index contributed by atoms with van der Waals surface area (Å²) in [5.74, 6) is 0.894. The molecular weight excluding hydrogens is 480 g/mol. The number of phenolic OH excluding ortho intramolecular Hbond substituents is 1. The highest BCUT2D eigenvalue weighted by Gasteiger charge is 2.22. The van der Waals surface area contributed by atoms with Crippen LogP contribution in [-0.4, -0.2) is 15.1 Å². The highest BCUT2D eigenvalue weighted by molar-refractivity contribution is 5.97. The Morgan fingerprint density at radius 3 is 2.21 bits per heavy atom. The number of aromatic hydroxyl groups is 1. The molecule has 0 unspecified atom stereocenters. The van der Waals surface area contributed by atoms with Gasteiger partial charge < -0.3 is 9.52 Å². The number of pyridine rings is 1.